The third-order valence-electron chi connectivity index (χ3n) is 5.24. The molecule has 4 rings (SSSR count). The number of carbonyl (C=O) groups is 1. The molecule has 0 saturated carbocycles. The average molecular weight is 382 g/mol. The molecule has 2 atom stereocenters. The first-order valence-corrected chi connectivity index (χ1v) is 9.52. The Bertz CT molecular complexity index is 733. The second-order valence-electron chi connectivity index (χ2n) is 6.72. The first kappa shape index (κ1) is 18.4. The molecule has 2 fully saturated rings. The molecule has 8 heteroatoms. The van der Waals surface area contributed by atoms with E-state index in [9.17, 15) is 4.79 Å². The molecule has 0 aromatic carbocycles. The number of amides is 1. The van der Waals surface area contributed by atoms with Gasteiger partial charge in [0.15, 0.2) is 0 Å². The Balaban J connectivity index is 0.00000182. The molecular weight excluding hydrogens is 358 g/mol. The Morgan fingerprint density at radius 2 is 2.28 bits per heavy atom. The largest absolute Gasteiger partial charge is 0.355 e. The number of carbonyl (C=O) groups excluding carboxylic acids is 1. The molecule has 2 aromatic rings. The fourth-order valence-electron chi connectivity index (χ4n) is 3.84. The molecule has 4 heterocycles. The smallest absolute Gasteiger partial charge is 0.227 e. The number of hydrogen-bond acceptors (Lipinski definition) is 6. The van der Waals surface area contributed by atoms with Crippen LogP contribution in [0.3, 0.4) is 0 Å². The Morgan fingerprint density at radius 3 is 3.08 bits per heavy atom. The number of nitrogens with one attached hydrogen (secondary N) is 1. The van der Waals surface area contributed by atoms with Crippen molar-refractivity contribution in [2.24, 2.45) is 5.92 Å². The zero-order chi connectivity index (χ0) is 16.5. The van der Waals surface area contributed by atoms with Crippen LogP contribution < -0.4 is 10.2 Å². The van der Waals surface area contributed by atoms with Crippen molar-refractivity contribution in [3.05, 3.63) is 17.8 Å². The number of likely N-dealkylation sites (N-methyl/N-ethyl adjacent to an activating group) is 1. The standard InChI is InChI=1S/C17H23N5OS.ClH/c1-21(13-4-6-18-9-13)17(23)12-3-2-7-22(10-12)15-14-5-8-24-16(14)20-11-19-15;/h5,8,11-13,18H,2-4,6-7,9-10H2,1H3;1H. The van der Waals surface area contributed by atoms with Crippen LogP contribution in [-0.4, -0.2) is 60.0 Å². The molecule has 0 radical (unpaired) electrons. The van der Waals surface area contributed by atoms with Crippen LogP contribution in [-0.2, 0) is 4.79 Å². The van der Waals surface area contributed by atoms with Crippen LogP contribution in [0.4, 0.5) is 5.82 Å². The fraction of sp³-hybridized carbons (Fsp3) is 0.588. The van der Waals surface area contributed by atoms with Gasteiger partial charge in [0.25, 0.3) is 0 Å². The van der Waals surface area contributed by atoms with Crippen LogP contribution in [0.2, 0.25) is 0 Å². The van der Waals surface area contributed by atoms with Gasteiger partial charge in [0, 0.05) is 32.7 Å². The number of aromatic nitrogens is 2. The summed E-state index contributed by atoms with van der Waals surface area (Å²) in [5, 5.41) is 6.50. The van der Waals surface area contributed by atoms with Crippen LogP contribution in [0.25, 0.3) is 10.2 Å². The second kappa shape index (κ2) is 7.85. The first-order valence-electron chi connectivity index (χ1n) is 8.64. The van der Waals surface area contributed by atoms with Crippen molar-refractivity contribution in [1.82, 2.24) is 20.2 Å². The molecule has 2 unspecified atom stereocenters. The highest BCUT2D eigenvalue weighted by molar-refractivity contribution is 7.16. The maximum atomic E-state index is 12.9. The van der Waals surface area contributed by atoms with Gasteiger partial charge in [0.05, 0.1) is 11.3 Å². The maximum absolute atomic E-state index is 12.9. The van der Waals surface area contributed by atoms with Gasteiger partial charge in [-0.1, -0.05) is 0 Å². The van der Waals surface area contributed by atoms with E-state index in [4.69, 9.17) is 0 Å². The van der Waals surface area contributed by atoms with Gasteiger partial charge in [0.1, 0.15) is 17.0 Å². The monoisotopic (exact) mass is 381 g/mol. The van der Waals surface area contributed by atoms with Gasteiger partial charge >= 0.3 is 0 Å². The number of rotatable bonds is 3. The van der Waals surface area contributed by atoms with Crippen molar-refractivity contribution in [3.63, 3.8) is 0 Å². The minimum atomic E-state index is 0. The van der Waals surface area contributed by atoms with Crippen molar-refractivity contribution >= 4 is 45.7 Å². The predicted molar refractivity (Wildman–Crippen MR) is 104 cm³/mol. The number of halogens is 1. The van der Waals surface area contributed by atoms with Crippen LogP contribution in [0.15, 0.2) is 17.8 Å². The summed E-state index contributed by atoms with van der Waals surface area (Å²) in [6.45, 7) is 3.64. The van der Waals surface area contributed by atoms with Gasteiger partial charge in [-0.05, 0) is 37.3 Å². The topological polar surface area (TPSA) is 61.4 Å². The minimum absolute atomic E-state index is 0. The van der Waals surface area contributed by atoms with Gasteiger partial charge in [0.2, 0.25) is 5.91 Å². The van der Waals surface area contributed by atoms with E-state index in [0.29, 0.717) is 6.04 Å². The summed E-state index contributed by atoms with van der Waals surface area (Å²) < 4.78 is 0. The van der Waals surface area contributed by atoms with Crippen LogP contribution in [0.1, 0.15) is 19.3 Å². The van der Waals surface area contributed by atoms with E-state index in [-0.39, 0.29) is 24.2 Å². The molecule has 1 N–H and O–H groups in total. The number of nitrogens with zero attached hydrogens (tertiary/aromatic N) is 4. The first-order chi connectivity index (χ1) is 11.7. The number of anilines is 1. The number of hydrogen-bond donors (Lipinski definition) is 1. The molecule has 0 spiro atoms. The number of thiophene rings is 1. The molecule has 2 aliphatic heterocycles. The van der Waals surface area contributed by atoms with E-state index in [2.05, 4.69) is 31.6 Å². The second-order valence-corrected chi connectivity index (χ2v) is 7.61. The molecule has 0 aliphatic carbocycles. The minimum Gasteiger partial charge on any atom is -0.355 e. The lowest BCUT2D eigenvalue weighted by Crippen LogP contribution is -2.47. The van der Waals surface area contributed by atoms with Crippen molar-refractivity contribution < 1.29 is 4.79 Å². The lowest BCUT2D eigenvalue weighted by Gasteiger charge is -2.36. The normalized spacial score (nSPS) is 23.5. The lowest BCUT2D eigenvalue weighted by atomic mass is 9.95. The zero-order valence-electron chi connectivity index (χ0n) is 14.4. The van der Waals surface area contributed by atoms with E-state index in [0.717, 1.165) is 61.5 Å². The number of piperidine rings is 1. The third-order valence-corrected chi connectivity index (χ3v) is 6.06. The molecule has 136 valence electrons. The third kappa shape index (κ3) is 3.59. The van der Waals surface area contributed by atoms with Gasteiger partial charge in [-0.3, -0.25) is 4.79 Å². The van der Waals surface area contributed by atoms with E-state index < -0.39 is 0 Å². The highest BCUT2D eigenvalue weighted by atomic mass is 35.5. The molecule has 6 nitrogen and oxygen atoms in total. The summed E-state index contributed by atoms with van der Waals surface area (Å²) in [4.78, 5) is 27.0. The fourth-order valence-corrected chi connectivity index (χ4v) is 4.57. The van der Waals surface area contributed by atoms with Crippen molar-refractivity contribution in [1.29, 1.82) is 0 Å². The van der Waals surface area contributed by atoms with Crippen molar-refractivity contribution in [2.45, 2.75) is 25.3 Å². The molecule has 2 aromatic heterocycles. The molecule has 2 saturated heterocycles. The molecule has 2 aliphatic rings. The van der Waals surface area contributed by atoms with E-state index in [1.165, 1.54) is 0 Å². The van der Waals surface area contributed by atoms with Gasteiger partial charge in [-0.25, -0.2) is 9.97 Å². The van der Waals surface area contributed by atoms with Crippen LogP contribution >= 0.6 is 23.7 Å². The molecule has 0 bridgehead atoms. The Hall–Kier alpha value is -1.44. The molecular formula is C17H24ClN5OS. The van der Waals surface area contributed by atoms with Crippen LogP contribution in [0, 0.1) is 5.92 Å². The van der Waals surface area contributed by atoms with Crippen molar-refractivity contribution in [2.75, 3.05) is 38.1 Å². The van der Waals surface area contributed by atoms with Gasteiger partial charge < -0.3 is 15.1 Å². The van der Waals surface area contributed by atoms with Gasteiger partial charge in [-0.2, -0.15) is 0 Å². The van der Waals surface area contributed by atoms with Crippen LogP contribution in [0.5, 0.6) is 0 Å². The summed E-state index contributed by atoms with van der Waals surface area (Å²) >= 11 is 1.63. The molecule has 25 heavy (non-hydrogen) atoms. The Kier molecular flexibility index (Phi) is 5.76. The lowest BCUT2D eigenvalue weighted by molar-refractivity contribution is -0.136. The summed E-state index contributed by atoms with van der Waals surface area (Å²) in [6, 6.07) is 2.42. The SMILES string of the molecule is CN(C(=O)C1CCCN(c2ncnc3sccc23)C1)C1CCNC1.Cl. The summed E-state index contributed by atoms with van der Waals surface area (Å²) in [5.74, 6) is 1.32. The highest BCUT2D eigenvalue weighted by Crippen LogP contribution is 2.30. The summed E-state index contributed by atoms with van der Waals surface area (Å²) in [7, 11) is 1.96. The van der Waals surface area contributed by atoms with Gasteiger partial charge in [-0.15, -0.1) is 23.7 Å². The quantitative estimate of drug-likeness (QED) is 0.882. The van der Waals surface area contributed by atoms with E-state index in [1.807, 2.05) is 11.9 Å². The maximum Gasteiger partial charge on any atom is 0.227 e. The van der Waals surface area contributed by atoms with E-state index >= 15 is 0 Å². The zero-order valence-corrected chi connectivity index (χ0v) is 16.0. The summed E-state index contributed by atoms with van der Waals surface area (Å²) in [6.07, 6.45) is 4.69. The van der Waals surface area contributed by atoms with E-state index in [1.54, 1.807) is 17.7 Å². The highest BCUT2D eigenvalue weighted by Gasteiger charge is 2.32. The number of fused-ring (bicyclic) bond motifs is 1. The predicted octanol–water partition coefficient (Wildman–Crippen LogP) is 2.15. The average Bonchev–Trinajstić information content (AvgIpc) is 3.31. The Morgan fingerprint density at radius 1 is 1.40 bits per heavy atom. The molecule has 1 amide bonds. The summed E-state index contributed by atoms with van der Waals surface area (Å²) in [5.41, 5.74) is 0. The Labute approximate surface area is 158 Å². The van der Waals surface area contributed by atoms with Crippen molar-refractivity contribution in [3.8, 4) is 0 Å².